The number of carbonyl (C=O) groups excluding carboxylic acids is 1. The summed E-state index contributed by atoms with van der Waals surface area (Å²) in [7, 11) is -1.97. The fourth-order valence-electron chi connectivity index (χ4n) is 2.32. The number of hydrogen-bond donors (Lipinski definition) is 2. The van der Waals surface area contributed by atoms with Gasteiger partial charge in [0.05, 0.1) is 12.0 Å². The van der Waals surface area contributed by atoms with Crippen molar-refractivity contribution in [2.45, 2.75) is 25.3 Å². The molecule has 0 atom stereocenters. The topological polar surface area (TPSA) is 93.7 Å². The third-order valence-corrected chi connectivity index (χ3v) is 5.29. The van der Waals surface area contributed by atoms with Crippen molar-refractivity contribution >= 4 is 15.9 Å². The van der Waals surface area contributed by atoms with Crippen LogP contribution in [0, 0.1) is 5.92 Å². The van der Waals surface area contributed by atoms with Crippen LogP contribution in [-0.4, -0.2) is 34.6 Å². The van der Waals surface area contributed by atoms with Crippen LogP contribution in [0.25, 0.3) is 0 Å². The summed E-state index contributed by atoms with van der Waals surface area (Å²) < 4.78 is 37.5. The SMILES string of the molecule is COc1ccccc1CNC(=O)COc1ccc(S(=O)(=O)NCC(C)C)cc1. The predicted octanol–water partition coefficient (Wildman–Crippen LogP) is 2.32. The number of rotatable bonds is 10. The fourth-order valence-corrected chi connectivity index (χ4v) is 3.53. The highest BCUT2D eigenvalue weighted by Crippen LogP contribution is 2.17. The van der Waals surface area contributed by atoms with Crippen molar-refractivity contribution in [2.24, 2.45) is 5.92 Å². The number of amides is 1. The third-order valence-electron chi connectivity index (χ3n) is 3.85. The first-order valence-electron chi connectivity index (χ1n) is 8.93. The van der Waals surface area contributed by atoms with E-state index in [2.05, 4.69) is 10.0 Å². The van der Waals surface area contributed by atoms with E-state index in [0.717, 1.165) is 5.56 Å². The van der Waals surface area contributed by atoms with Gasteiger partial charge in [-0.15, -0.1) is 0 Å². The molecule has 0 aliphatic carbocycles. The molecule has 0 aromatic heterocycles. The van der Waals surface area contributed by atoms with Gasteiger partial charge in [0.15, 0.2) is 6.61 Å². The Hall–Kier alpha value is -2.58. The van der Waals surface area contributed by atoms with E-state index in [-0.39, 0.29) is 23.3 Å². The molecule has 0 fully saturated rings. The molecule has 0 radical (unpaired) electrons. The first kappa shape index (κ1) is 21.7. The van der Waals surface area contributed by atoms with Crippen molar-refractivity contribution in [3.05, 3.63) is 54.1 Å². The van der Waals surface area contributed by atoms with Gasteiger partial charge in [0.25, 0.3) is 5.91 Å². The van der Waals surface area contributed by atoms with E-state index in [4.69, 9.17) is 9.47 Å². The van der Waals surface area contributed by atoms with Crippen LogP contribution in [0.3, 0.4) is 0 Å². The van der Waals surface area contributed by atoms with Gasteiger partial charge in [-0.05, 0) is 36.2 Å². The molecular formula is C20H26N2O5S. The molecule has 8 heteroatoms. The van der Waals surface area contributed by atoms with Crippen LogP contribution in [0.5, 0.6) is 11.5 Å². The average Bonchev–Trinajstić information content (AvgIpc) is 2.69. The second-order valence-electron chi connectivity index (χ2n) is 6.59. The lowest BCUT2D eigenvalue weighted by molar-refractivity contribution is -0.123. The number of sulfonamides is 1. The molecule has 0 unspecified atom stereocenters. The van der Waals surface area contributed by atoms with Crippen molar-refractivity contribution in [3.63, 3.8) is 0 Å². The number of nitrogens with one attached hydrogen (secondary N) is 2. The Morgan fingerprint density at radius 3 is 2.39 bits per heavy atom. The van der Waals surface area contributed by atoms with Crippen LogP contribution in [-0.2, 0) is 21.4 Å². The van der Waals surface area contributed by atoms with E-state index < -0.39 is 10.0 Å². The summed E-state index contributed by atoms with van der Waals surface area (Å²) in [5, 5.41) is 2.76. The Bertz CT molecular complexity index is 880. The van der Waals surface area contributed by atoms with Crippen LogP contribution < -0.4 is 19.5 Å². The average molecular weight is 407 g/mol. The van der Waals surface area contributed by atoms with Crippen LogP contribution in [0.4, 0.5) is 0 Å². The van der Waals surface area contributed by atoms with Crippen molar-refractivity contribution in [1.29, 1.82) is 0 Å². The van der Waals surface area contributed by atoms with Gasteiger partial charge in [0, 0.05) is 18.7 Å². The second kappa shape index (κ2) is 10.1. The highest BCUT2D eigenvalue weighted by Gasteiger charge is 2.14. The summed E-state index contributed by atoms with van der Waals surface area (Å²) >= 11 is 0. The zero-order valence-corrected chi connectivity index (χ0v) is 17.1. The normalized spacial score (nSPS) is 11.3. The van der Waals surface area contributed by atoms with Crippen molar-refractivity contribution in [3.8, 4) is 11.5 Å². The minimum atomic E-state index is -3.55. The second-order valence-corrected chi connectivity index (χ2v) is 8.36. The zero-order chi connectivity index (χ0) is 20.6. The molecule has 7 nitrogen and oxygen atoms in total. The maximum absolute atomic E-state index is 12.2. The Morgan fingerprint density at radius 1 is 1.07 bits per heavy atom. The van der Waals surface area contributed by atoms with Crippen LogP contribution in [0.1, 0.15) is 19.4 Å². The lowest BCUT2D eigenvalue weighted by atomic mass is 10.2. The maximum Gasteiger partial charge on any atom is 0.258 e. The van der Waals surface area contributed by atoms with Gasteiger partial charge < -0.3 is 14.8 Å². The lowest BCUT2D eigenvalue weighted by Gasteiger charge is -2.11. The van der Waals surface area contributed by atoms with Gasteiger partial charge in [-0.1, -0.05) is 32.0 Å². The van der Waals surface area contributed by atoms with Gasteiger partial charge in [0.2, 0.25) is 10.0 Å². The molecule has 2 N–H and O–H groups in total. The summed E-state index contributed by atoms with van der Waals surface area (Å²) in [6, 6.07) is 13.4. The van der Waals surface area contributed by atoms with E-state index in [0.29, 0.717) is 24.6 Å². The summed E-state index contributed by atoms with van der Waals surface area (Å²) in [4.78, 5) is 12.1. The Balaban J connectivity index is 1.85. The Morgan fingerprint density at radius 2 is 1.75 bits per heavy atom. The lowest BCUT2D eigenvalue weighted by Crippen LogP contribution is -2.28. The molecule has 0 saturated heterocycles. The summed E-state index contributed by atoms with van der Waals surface area (Å²) in [6.45, 7) is 4.38. The van der Waals surface area contributed by atoms with E-state index in [1.807, 2.05) is 38.1 Å². The molecule has 2 rings (SSSR count). The molecule has 2 aromatic carbocycles. The monoisotopic (exact) mass is 406 g/mol. The minimum Gasteiger partial charge on any atom is -0.496 e. The smallest absolute Gasteiger partial charge is 0.258 e. The van der Waals surface area contributed by atoms with E-state index in [1.54, 1.807) is 7.11 Å². The van der Waals surface area contributed by atoms with Gasteiger partial charge in [-0.25, -0.2) is 13.1 Å². The molecule has 0 aliphatic rings. The molecule has 0 aliphatic heterocycles. The molecule has 1 amide bonds. The first-order chi connectivity index (χ1) is 13.3. The molecule has 2 aromatic rings. The van der Waals surface area contributed by atoms with E-state index >= 15 is 0 Å². The van der Waals surface area contributed by atoms with Crippen LogP contribution in [0.2, 0.25) is 0 Å². The molecular weight excluding hydrogens is 380 g/mol. The molecule has 152 valence electrons. The largest absolute Gasteiger partial charge is 0.496 e. The Kier molecular flexibility index (Phi) is 7.83. The molecule has 0 heterocycles. The van der Waals surface area contributed by atoms with Crippen molar-refractivity contribution in [2.75, 3.05) is 20.3 Å². The number of hydrogen-bond acceptors (Lipinski definition) is 5. The molecule has 0 saturated carbocycles. The van der Waals surface area contributed by atoms with Crippen LogP contribution >= 0.6 is 0 Å². The zero-order valence-electron chi connectivity index (χ0n) is 16.3. The van der Waals surface area contributed by atoms with E-state index in [9.17, 15) is 13.2 Å². The summed E-state index contributed by atoms with van der Waals surface area (Å²) in [5.74, 6) is 1.04. The molecule has 0 bridgehead atoms. The maximum atomic E-state index is 12.2. The standard InChI is InChI=1S/C20H26N2O5S/c1-15(2)12-22-28(24,25)18-10-8-17(9-11-18)27-14-20(23)21-13-16-6-4-5-7-19(16)26-3/h4-11,15,22H,12-14H2,1-3H3,(H,21,23). The number of para-hydroxylation sites is 1. The number of benzene rings is 2. The highest BCUT2D eigenvalue weighted by atomic mass is 32.2. The fraction of sp³-hybridized carbons (Fsp3) is 0.350. The minimum absolute atomic E-state index is 0.154. The Labute approximate surface area is 166 Å². The highest BCUT2D eigenvalue weighted by molar-refractivity contribution is 7.89. The molecule has 28 heavy (non-hydrogen) atoms. The van der Waals surface area contributed by atoms with Crippen molar-refractivity contribution in [1.82, 2.24) is 10.0 Å². The summed E-state index contributed by atoms with van der Waals surface area (Å²) in [6.07, 6.45) is 0. The summed E-state index contributed by atoms with van der Waals surface area (Å²) in [5.41, 5.74) is 0.863. The van der Waals surface area contributed by atoms with Gasteiger partial charge in [-0.2, -0.15) is 0 Å². The van der Waals surface area contributed by atoms with E-state index in [1.165, 1.54) is 24.3 Å². The van der Waals surface area contributed by atoms with Crippen molar-refractivity contribution < 1.29 is 22.7 Å². The van der Waals surface area contributed by atoms with Crippen LogP contribution in [0.15, 0.2) is 53.4 Å². The van der Waals surface area contributed by atoms with Gasteiger partial charge in [0.1, 0.15) is 11.5 Å². The predicted molar refractivity (Wildman–Crippen MR) is 107 cm³/mol. The third kappa shape index (κ3) is 6.54. The number of carbonyl (C=O) groups is 1. The quantitative estimate of drug-likeness (QED) is 0.632. The van der Waals surface area contributed by atoms with Gasteiger partial charge >= 0.3 is 0 Å². The molecule has 0 spiro atoms. The number of methoxy groups -OCH3 is 1. The number of ether oxygens (including phenoxy) is 2. The van der Waals surface area contributed by atoms with Gasteiger partial charge in [-0.3, -0.25) is 4.79 Å². The first-order valence-corrected chi connectivity index (χ1v) is 10.4.